The highest BCUT2D eigenvalue weighted by molar-refractivity contribution is 7.57. The van der Waals surface area contributed by atoms with Gasteiger partial charge in [0.05, 0.1) is 76.7 Å². The van der Waals surface area contributed by atoms with Gasteiger partial charge in [-0.3, -0.25) is 13.7 Å². The van der Waals surface area contributed by atoms with Gasteiger partial charge < -0.3 is 68.5 Å². The van der Waals surface area contributed by atoms with E-state index in [4.69, 9.17) is 45.0 Å². The Balaban J connectivity index is 0.000000302. The van der Waals surface area contributed by atoms with Gasteiger partial charge in [-0.1, -0.05) is 194 Å². The number of aromatic nitrogens is 12. The molecule has 6 aromatic rings. The van der Waals surface area contributed by atoms with Crippen LogP contribution in [-0.2, 0) is 61.1 Å². The van der Waals surface area contributed by atoms with Gasteiger partial charge in [0.15, 0.2) is 34.4 Å². The number of hydrogen-bond donors (Lipinski definition) is 5. The molecule has 528 valence electrons. The Morgan fingerprint density at radius 1 is 0.376 bits per heavy atom. The van der Waals surface area contributed by atoms with Gasteiger partial charge in [-0.25, -0.2) is 44.9 Å². The van der Waals surface area contributed by atoms with Gasteiger partial charge in [0.25, 0.3) is 0 Å². The first kappa shape index (κ1) is 80.9. The summed E-state index contributed by atoms with van der Waals surface area (Å²) in [5.74, 6) is 0.990. The van der Waals surface area contributed by atoms with Crippen molar-refractivity contribution in [1.29, 1.82) is 0 Å². The number of unbranched alkanes of at least 4 members (excludes halogenated alkanes) is 27. The normalized spacial score (nSPS) is 14.7. The molecule has 0 aromatic carbocycles. The van der Waals surface area contributed by atoms with Gasteiger partial charge in [0.1, 0.15) is 54.6 Å². The van der Waals surface area contributed by atoms with Crippen LogP contribution in [0.1, 0.15) is 234 Å². The fourth-order valence-electron chi connectivity index (χ4n) is 10.3. The minimum atomic E-state index is -3.77. The first-order valence-electron chi connectivity index (χ1n) is 34.5. The van der Waals surface area contributed by atoms with E-state index >= 15 is 0 Å². The molecule has 0 fully saturated rings. The Labute approximate surface area is 553 Å². The molecule has 0 bridgehead atoms. The van der Waals surface area contributed by atoms with Crippen LogP contribution in [0, 0.1) is 0 Å². The Bertz CT molecular complexity index is 3080. The summed E-state index contributed by atoms with van der Waals surface area (Å²) < 4.78 is 75.2. The Hall–Kier alpha value is -4.58. The van der Waals surface area contributed by atoms with Gasteiger partial charge in [-0.2, -0.15) is 0 Å². The largest absolute Gasteiger partial charge is 0.382 e. The van der Waals surface area contributed by atoms with Gasteiger partial charge >= 0.3 is 15.2 Å². The van der Waals surface area contributed by atoms with Crippen molar-refractivity contribution in [2.75, 3.05) is 62.7 Å². The molecule has 6 rings (SSSR count). The van der Waals surface area contributed by atoms with Crippen molar-refractivity contribution < 1.29 is 51.3 Å². The zero-order valence-electron chi connectivity index (χ0n) is 57.3. The zero-order valence-corrected chi connectivity index (χ0v) is 60.0. The maximum absolute atomic E-state index is 12.5. The number of anilines is 3. The lowest BCUT2D eigenvalue weighted by molar-refractivity contribution is 0.0715. The zero-order chi connectivity index (χ0) is 67.6. The van der Waals surface area contributed by atoms with Crippen molar-refractivity contribution in [3.05, 3.63) is 38.0 Å². The molecule has 26 nitrogen and oxygen atoms in total. The van der Waals surface area contributed by atoms with Crippen LogP contribution in [0.4, 0.5) is 17.5 Å². The Morgan fingerprint density at radius 2 is 0.624 bits per heavy atom. The highest BCUT2D eigenvalue weighted by atomic mass is 31.2. The van der Waals surface area contributed by atoms with Crippen molar-refractivity contribution in [1.82, 2.24) is 58.6 Å². The van der Waals surface area contributed by atoms with E-state index in [0.717, 1.165) is 51.4 Å². The third kappa shape index (κ3) is 34.3. The van der Waals surface area contributed by atoms with Crippen molar-refractivity contribution in [3.8, 4) is 0 Å². The van der Waals surface area contributed by atoms with E-state index in [-0.39, 0.29) is 50.6 Å². The topological polar surface area (TPSA) is 356 Å². The molecule has 3 unspecified atom stereocenters. The second-order valence-corrected chi connectivity index (χ2v) is 30.8. The number of fused-ring (bicyclic) bond motifs is 3. The number of nitrogens with two attached hydrogens (primary N) is 3. The molecule has 6 atom stereocenters. The average molecular weight is 1360 g/mol. The van der Waals surface area contributed by atoms with Crippen LogP contribution in [0.25, 0.3) is 33.5 Å². The molecule has 0 aliphatic heterocycles. The van der Waals surface area contributed by atoms with Crippen LogP contribution >= 0.6 is 22.6 Å². The molecule has 0 saturated carbocycles. The highest BCUT2D eigenvalue weighted by Gasteiger charge is 2.24. The SMILES string of the molecule is CCCCCCCCCCCCCCCCCCOP(=O)(O)CO[C@H](C)Cn1cnc2c(N)ncnc21.CCCCCCCCCCOP(=O)(O)CO[C@H](C)Cn1cnc2c(N)ncnc21.CCCCCCCCOP(C)(=O)CO[C@H](C)Cn1cnc2c(N)ncnc21. The highest BCUT2D eigenvalue weighted by Crippen LogP contribution is 2.44. The first-order chi connectivity index (χ1) is 44.8. The van der Waals surface area contributed by atoms with Gasteiger partial charge in [0.2, 0.25) is 7.37 Å². The van der Waals surface area contributed by atoms with E-state index in [1.165, 1.54) is 160 Å². The molecule has 0 aliphatic rings. The molecule has 0 amide bonds. The van der Waals surface area contributed by atoms with Crippen molar-refractivity contribution in [2.24, 2.45) is 0 Å². The smallest absolute Gasteiger partial charge is 0.353 e. The molecule has 0 saturated heterocycles. The van der Waals surface area contributed by atoms with Crippen molar-refractivity contribution >= 4 is 73.5 Å². The molecule has 6 aromatic heterocycles. The summed E-state index contributed by atoms with van der Waals surface area (Å²) in [5, 5.41) is 0. The van der Waals surface area contributed by atoms with Crippen LogP contribution in [0.3, 0.4) is 0 Å². The monoisotopic (exact) mass is 1360 g/mol. The molecular weight excluding hydrogens is 1250 g/mol. The van der Waals surface area contributed by atoms with E-state index in [1.807, 2.05) is 25.3 Å². The first-order valence-corrected chi connectivity index (χ1v) is 40.3. The summed E-state index contributed by atoms with van der Waals surface area (Å²) in [7, 11) is -10.3. The maximum atomic E-state index is 12.5. The Kier molecular flexibility index (Phi) is 40.5. The summed E-state index contributed by atoms with van der Waals surface area (Å²) in [6.45, 7) is 16.3. The van der Waals surface area contributed by atoms with E-state index in [2.05, 4.69) is 65.6 Å². The molecule has 0 spiro atoms. The summed E-state index contributed by atoms with van der Waals surface area (Å²) >= 11 is 0. The molecule has 93 heavy (non-hydrogen) atoms. The predicted molar refractivity (Wildman–Crippen MR) is 372 cm³/mol. The standard InChI is InChI=1S/C27H50N5O4P.C19H34N5O4P.C18H32N5O3P/c1-3-4-5-6-7-8-9-10-11-12-13-14-15-16-17-18-19-36-37(33,34)23-35-24(2)20-32-22-31-25-26(28)29-21-30-27(25)32;1-3-4-5-6-7-8-9-10-11-28-29(25,26)15-27-16(2)12-24-14-23-17-18(20)21-13-22-19(17)24;1-4-5-6-7-8-9-10-26-27(3,24)14-25-15(2)11-23-13-22-16-17(19)20-12-21-18(16)23/h21-22,24H,3-20,23H2,1-2H3,(H,33,34)(H2,28,29,30);13-14,16H,3-12,15H2,1-2H3,(H,25,26)(H2,20,21,22);12-13,15H,4-11,14H2,1-3H3,(H2,19,20,21)/t24-;16-;15-,27?/m111/s1. The number of rotatable bonds is 51. The van der Waals surface area contributed by atoms with E-state index in [9.17, 15) is 23.5 Å². The van der Waals surface area contributed by atoms with Crippen LogP contribution < -0.4 is 17.2 Å². The predicted octanol–water partition coefficient (Wildman–Crippen LogP) is 15.4. The quantitative estimate of drug-likeness (QED) is 0.0175. The number of nitrogen functional groups attached to an aromatic ring is 3. The number of hydrogen-bond acceptors (Lipinski definition) is 21. The maximum Gasteiger partial charge on any atom is 0.353 e. The third-order valence-electron chi connectivity index (χ3n) is 15.7. The lowest BCUT2D eigenvalue weighted by atomic mass is 10.0. The molecule has 29 heteroatoms. The lowest BCUT2D eigenvalue weighted by Crippen LogP contribution is -2.17. The molecule has 0 aliphatic carbocycles. The number of imidazole rings is 3. The van der Waals surface area contributed by atoms with Gasteiger partial charge in [-0.05, 0) is 40.0 Å². The van der Waals surface area contributed by atoms with Crippen LogP contribution in [0.5, 0.6) is 0 Å². The number of nitrogens with zero attached hydrogens (tertiary/aromatic N) is 12. The molecule has 0 radical (unpaired) electrons. The fraction of sp³-hybridized carbons (Fsp3) is 0.766. The third-order valence-corrected chi connectivity index (χ3v) is 19.2. The van der Waals surface area contributed by atoms with Crippen LogP contribution in [0.2, 0.25) is 0 Å². The second kappa shape index (κ2) is 46.6. The van der Waals surface area contributed by atoms with Crippen LogP contribution in [0.15, 0.2) is 38.0 Å². The van der Waals surface area contributed by atoms with E-state index in [0.29, 0.717) is 77.2 Å². The van der Waals surface area contributed by atoms with Gasteiger partial charge in [0, 0.05) is 6.66 Å². The summed E-state index contributed by atoms with van der Waals surface area (Å²) in [5.41, 5.74) is 20.9. The minimum Gasteiger partial charge on any atom is -0.382 e. The Morgan fingerprint density at radius 3 is 0.903 bits per heavy atom. The molecule has 6 heterocycles. The molecule has 8 N–H and O–H groups in total. The number of ether oxygens (including phenoxy) is 3. The summed E-state index contributed by atoms with van der Waals surface area (Å²) in [6.07, 6.45) is 44.7. The van der Waals surface area contributed by atoms with Crippen molar-refractivity contribution in [3.63, 3.8) is 0 Å². The summed E-state index contributed by atoms with van der Waals surface area (Å²) in [6, 6.07) is 0. The average Bonchev–Trinajstić information content (AvgIpc) is 1.72. The minimum absolute atomic E-state index is 0.105. The second-order valence-electron chi connectivity index (χ2n) is 24.6. The lowest BCUT2D eigenvalue weighted by Gasteiger charge is -2.18. The van der Waals surface area contributed by atoms with E-state index < -0.39 is 22.6 Å². The van der Waals surface area contributed by atoms with Crippen molar-refractivity contribution in [2.45, 2.75) is 272 Å². The summed E-state index contributed by atoms with van der Waals surface area (Å²) in [4.78, 5) is 57.0. The molecular formula is C64H116N15O11P3. The van der Waals surface area contributed by atoms with Gasteiger partial charge in [-0.15, -0.1) is 0 Å². The van der Waals surface area contributed by atoms with Crippen LogP contribution in [-0.4, -0.2) is 132 Å². The van der Waals surface area contributed by atoms with E-state index in [1.54, 1.807) is 34.8 Å². The fourth-order valence-corrected chi connectivity index (χ4v) is 13.3.